The molecule has 4 aliphatic carbocycles. The van der Waals surface area contributed by atoms with Crippen LogP contribution in [0.4, 0.5) is 0 Å². The van der Waals surface area contributed by atoms with Gasteiger partial charge in [-0.05, 0) is 86.9 Å². The Hall–Kier alpha value is 0.110. The molecule has 0 aromatic rings. The van der Waals surface area contributed by atoms with Crippen LogP contribution >= 0.6 is 15.9 Å². The molecule has 2 nitrogen and oxygen atoms in total. The third-order valence-electron chi connectivity index (χ3n) is 8.96. The predicted molar refractivity (Wildman–Crippen MR) is 105 cm³/mol. The first-order valence-electron chi connectivity index (χ1n) is 10.7. The first-order chi connectivity index (χ1) is 12.0. The monoisotopic (exact) mass is 410 g/mol. The molecule has 0 bridgehead atoms. The normalized spacial score (nSPS) is 49.4. The van der Waals surface area contributed by atoms with Crippen LogP contribution in [0.1, 0.15) is 78.1 Å². The maximum Gasteiger partial charge on any atom is 0.139 e. The number of alkyl halides is 1. The second kappa shape index (κ2) is 6.93. The minimum absolute atomic E-state index is 0.0281. The van der Waals surface area contributed by atoms with Crippen LogP contribution in [-0.2, 0) is 9.53 Å². The highest BCUT2D eigenvalue weighted by molar-refractivity contribution is 9.09. The van der Waals surface area contributed by atoms with Gasteiger partial charge in [-0.3, -0.25) is 4.79 Å². The zero-order valence-electron chi connectivity index (χ0n) is 16.1. The van der Waals surface area contributed by atoms with Crippen LogP contribution in [0.25, 0.3) is 0 Å². The summed E-state index contributed by atoms with van der Waals surface area (Å²) in [4.78, 5) is 12.5. The van der Waals surface area contributed by atoms with Crippen molar-refractivity contribution in [2.24, 2.45) is 34.5 Å². The van der Waals surface area contributed by atoms with Crippen molar-refractivity contribution in [2.45, 2.75) is 84.2 Å². The molecule has 0 amide bonds. The standard InChI is InChI=1S/C22H35BrO2/c1-21-10-8-16(25-13-3-12-23)14-15(21)4-5-17-18-6-7-20(24)22(18,2)11-9-19(17)21/h15-19H,3-14H2,1-2H3/t15?,16-,17+,18+,19+,21+,22+/m1/s1. The van der Waals surface area contributed by atoms with Crippen LogP contribution in [0.3, 0.4) is 0 Å². The van der Waals surface area contributed by atoms with Crippen LogP contribution in [-0.4, -0.2) is 23.8 Å². The fourth-order valence-electron chi connectivity index (χ4n) is 7.45. The number of Topliss-reactive ketones (excluding diaryl/α,β-unsaturated/α-hetero) is 1. The van der Waals surface area contributed by atoms with Gasteiger partial charge in [-0.1, -0.05) is 29.8 Å². The summed E-state index contributed by atoms with van der Waals surface area (Å²) in [5, 5.41) is 1.05. The number of rotatable bonds is 4. The summed E-state index contributed by atoms with van der Waals surface area (Å²) in [5.41, 5.74) is 0.533. The first-order valence-corrected chi connectivity index (χ1v) is 11.8. The third-order valence-corrected chi connectivity index (χ3v) is 9.52. The summed E-state index contributed by atoms with van der Waals surface area (Å²) in [6.45, 7) is 5.81. The Kier molecular flexibility index (Phi) is 5.12. The molecule has 7 atom stereocenters. The van der Waals surface area contributed by atoms with Gasteiger partial charge in [-0.25, -0.2) is 0 Å². The molecule has 0 saturated heterocycles. The van der Waals surface area contributed by atoms with Gasteiger partial charge in [0.05, 0.1) is 6.10 Å². The molecule has 4 saturated carbocycles. The predicted octanol–water partition coefficient (Wildman–Crippen LogP) is 5.77. The molecule has 0 aromatic carbocycles. The van der Waals surface area contributed by atoms with Crippen LogP contribution in [0.15, 0.2) is 0 Å². The van der Waals surface area contributed by atoms with Gasteiger partial charge in [0.15, 0.2) is 0 Å². The van der Waals surface area contributed by atoms with E-state index in [2.05, 4.69) is 29.8 Å². The summed E-state index contributed by atoms with van der Waals surface area (Å²) in [6, 6.07) is 0. The van der Waals surface area contributed by atoms with E-state index >= 15 is 0 Å². The average molecular weight is 411 g/mol. The Labute approximate surface area is 162 Å². The van der Waals surface area contributed by atoms with E-state index in [1.54, 1.807) is 0 Å². The number of hydrogen-bond acceptors (Lipinski definition) is 2. The highest BCUT2D eigenvalue weighted by Gasteiger charge is 2.60. The van der Waals surface area contributed by atoms with Crippen molar-refractivity contribution in [2.75, 3.05) is 11.9 Å². The SMILES string of the molecule is C[C@]12CC[C@@H](OCCCBr)CC1CC[C@@H]1[C@@H]2CC[C@]2(C)C(=O)CC[C@@H]12. The molecule has 4 rings (SSSR count). The summed E-state index contributed by atoms with van der Waals surface area (Å²) in [7, 11) is 0. The molecular formula is C22H35BrO2. The second-order valence-corrected chi connectivity index (χ2v) is 10.7. The van der Waals surface area contributed by atoms with E-state index in [4.69, 9.17) is 4.74 Å². The fourth-order valence-corrected chi connectivity index (χ4v) is 7.67. The Morgan fingerprint density at radius 2 is 1.92 bits per heavy atom. The molecule has 0 aliphatic heterocycles. The number of carbonyl (C=O) groups excluding carboxylic acids is 1. The average Bonchev–Trinajstić information content (AvgIpc) is 2.90. The quantitative estimate of drug-likeness (QED) is 0.434. The lowest BCUT2D eigenvalue weighted by Crippen LogP contribution is -2.54. The maximum atomic E-state index is 12.5. The lowest BCUT2D eigenvalue weighted by Gasteiger charge is -2.60. The molecular weight excluding hydrogens is 376 g/mol. The van der Waals surface area contributed by atoms with E-state index < -0.39 is 0 Å². The van der Waals surface area contributed by atoms with Crippen LogP contribution in [0, 0.1) is 34.5 Å². The van der Waals surface area contributed by atoms with Gasteiger partial charge in [0, 0.05) is 23.8 Å². The molecule has 3 heteroatoms. The fraction of sp³-hybridized carbons (Fsp3) is 0.955. The van der Waals surface area contributed by atoms with E-state index in [0.29, 0.717) is 23.2 Å². The number of halogens is 1. The number of ketones is 1. The van der Waals surface area contributed by atoms with Gasteiger partial charge >= 0.3 is 0 Å². The minimum atomic E-state index is 0.0281. The van der Waals surface area contributed by atoms with Crippen LogP contribution in [0.5, 0.6) is 0 Å². The van der Waals surface area contributed by atoms with E-state index in [1.807, 2.05) is 0 Å². The van der Waals surface area contributed by atoms with Crippen LogP contribution < -0.4 is 0 Å². The minimum Gasteiger partial charge on any atom is -0.378 e. The van der Waals surface area contributed by atoms with Crippen molar-refractivity contribution in [1.29, 1.82) is 0 Å². The molecule has 142 valence electrons. The van der Waals surface area contributed by atoms with Gasteiger partial charge in [0.25, 0.3) is 0 Å². The van der Waals surface area contributed by atoms with Gasteiger partial charge in [0.1, 0.15) is 5.78 Å². The second-order valence-electron chi connectivity index (χ2n) is 9.88. The zero-order chi connectivity index (χ0) is 17.7. The summed E-state index contributed by atoms with van der Waals surface area (Å²) >= 11 is 3.50. The third kappa shape index (κ3) is 2.96. The van der Waals surface area contributed by atoms with Crippen molar-refractivity contribution < 1.29 is 9.53 Å². The lowest BCUT2D eigenvalue weighted by atomic mass is 9.45. The van der Waals surface area contributed by atoms with Crippen molar-refractivity contribution >= 4 is 21.7 Å². The highest BCUT2D eigenvalue weighted by Crippen LogP contribution is 2.65. The molecule has 0 aromatic heterocycles. The van der Waals surface area contributed by atoms with E-state index in [1.165, 1.54) is 44.9 Å². The van der Waals surface area contributed by atoms with Crippen molar-refractivity contribution in [3.05, 3.63) is 0 Å². The highest BCUT2D eigenvalue weighted by atomic mass is 79.9. The molecule has 4 aliphatic rings. The number of fused-ring (bicyclic) bond motifs is 5. The van der Waals surface area contributed by atoms with Crippen LogP contribution in [0.2, 0.25) is 0 Å². The molecule has 4 fully saturated rings. The molecule has 1 unspecified atom stereocenters. The number of hydrogen-bond donors (Lipinski definition) is 0. The maximum absolute atomic E-state index is 12.5. The summed E-state index contributed by atoms with van der Waals surface area (Å²) in [5.74, 6) is 3.78. The van der Waals surface area contributed by atoms with E-state index in [0.717, 1.165) is 49.0 Å². The largest absolute Gasteiger partial charge is 0.378 e. The Morgan fingerprint density at radius 3 is 2.72 bits per heavy atom. The Morgan fingerprint density at radius 1 is 1.08 bits per heavy atom. The van der Waals surface area contributed by atoms with Crippen molar-refractivity contribution in [1.82, 2.24) is 0 Å². The van der Waals surface area contributed by atoms with Gasteiger partial charge < -0.3 is 4.74 Å². The molecule has 0 N–H and O–H groups in total. The lowest BCUT2D eigenvalue weighted by molar-refractivity contribution is -0.145. The topological polar surface area (TPSA) is 26.3 Å². The van der Waals surface area contributed by atoms with Crippen molar-refractivity contribution in [3.8, 4) is 0 Å². The van der Waals surface area contributed by atoms with E-state index in [9.17, 15) is 4.79 Å². The van der Waals surface area contributed by atoms with Crippen molar-refractivity contribution in [3.63, 3.8) is 0 Å². The Balaban J connectivity index is 1.46. The molecule has 0 spiro atoms. The van der Waals surface area contributed by atoms with Gasteiger partial charge in [-0.15, -0.1) is 0 Å². The number of ether oxygens (including phenoxy) is 1. The Bertz CT molecular complexity index is 520. The zero-order valence-corrected chi connectivity index (χ0v) is 17.7. The molecule has 25 heavy (non-hydrogen) atoms. The van der Waals surface area contributed by atoms with E-state index in [-0.39, 0.29) is 5.41 Å². The molecule has 0 radical (unpaired) electrons. The summed E-state index contributed by atoms with van der Waals surface area (Å²) < 4.78 is 6.18. The van der Waals surface area contributed by atoms with Gasteiger partial charge in [0.2, 0.25) is 0 Å². The first kappa shape index (κ1) is 18.5. The van der Waals surface area contributed by atoms with Gasteiger partial charge in [-0.2, -0.15) is 0 Å². The number of carbonyl (C=O) groups is 1. The molecule has 0 heterocycles. The smallest absolute Gasteiger partial charge is 0.139 e. The summed E-state index contributed by atoms with van der Waals surface area (Å²) in [6.07, 6.45) is 12.7.